The number of thiophene rings is 2. The van der Waals surface area contributed by atoms with Crippen LogP contribution < -0.4 is 0 Å². The van der Waals surface area contributed by atoms with E-state index in [1.54, 1.807) is 34.8 Å². The van der Waals surface area contributed by atoms with Crippen molar-refractivity contribution >= 4 is 112 Å². The Bertz CT molecular complexity index is 3470. The topological polar surface area (TPSA) is 61.2 Å². The molecule has 7 heteroatoms. The van der Waals surface area contributed by atoms with Crippen molar-refractivity contribution in [2.24, 2.45) is 0 Å². The molecule has 4 heterocycles. The first-order valence-electron chi connectivity index (χ1n) is 18.1. The lowest BCUT2D eigenvalue weighted by Gasteiger charge is -2.20. The minimum atomic E-state index is -0.253. The van der Waals surface area contributed by atoms with E-state index in [9.17, 15) is 10.1 Å². The van der Waals surface area contributed by atoms with Gasteiger partial charge in [-0.05, 0) is 30.3 Å². The number of para-hydroxylation sites is 2. The van der Waals surface area contributed by atoms with E-state index in [2.05, 4.69) is 132 Å². The van der Waals surface area contributed by atoms with Gasteiger partial charge in [-0.15, -0.1) is 22.7 Å². The van der Waals surface area contributed by atoms with Crippen molar-refractivity contribution in [3.05, 3.63) is 168 Å². The normalized spacial score (nSPS) is 12.1. The van der Waals surface area contributed by atoms with Gasteiger partial charge in [0.1, 0.15) is 11.2 Å². The van der Waals surface area contributed by atoms with Crippen LogP contribution in [0.25, 0.3) is 112 Å². The van der Waals surface area contributed by atoms with Crippen LogP contribution in [0.5, 0.6) is 0 Å². The van der Waals surface area contributed by atoms with Gasteiger partial charge in [0.05, 0.1) is 21.6 Å². The molecule has 12 rings (SSSR count). The number of furan rings is 1. The Morgan fingerprint density at radius 3 is 1.64 bits per heavy atom. The maximum Gasteiger partial charge on any atom is 0.270 e. The minimum absolute atomic E-state index is 0.0467. The van der Waals surface area contributed by atoms with Crippen LogP contribution in [0.15, 0.2) is 162 Å². The standard InChI is InChI=1S/C48H26N2O3S2/c51-50(52)27-23-38(34-17-9-15-32-30-13-3-7-21-44(30)54-47(32)34)46(39(24-27)35-18-10-16-33-31-14-4-8-22-45(31)55-48(33)35)49-40-19-5-1-11-28(40)36-25-37-29-12-2-6-20-42(29)53-43(37)26-41(36)49/h1-26H. The molecule has 5 nitrogen and oxygen atoms in total. The van der Waals surface area contributed by atoms with E-state index >= 15 is 0 Å². The number of rotatable bonds is 4. The van der Waals surface area contributed by atoms with E-state index in [-0.39, 0.29) is 10.6 Å². The molecule has 0 atom stereocenters. The van der Waals surface area contributed by atoms with Crippen molar-refractivity contribution in [3.8, 4) is 27.9 Å². The number of fused-ring (bicyclic) bond motifs is 12. The Labute approximate surface area is 320 Å². The van der Waals surface area contributed by atoms with Crippen LogP contribution in [0.4, 0.5) is 5.69 Å². The summed E-state index contributed by atoms with van der Waals surface area (Å²) in [5.74, 6) is 0. The van der Waals surface area contributed by atoms with Crippen molar-refractivity contribution in [2.45, 2.75) is 0 Å². The van der Waals surface area contributed by atoms with E-state index in [0.717, 1.165) is 91.9 Å². The molecule has 4 aromatic heterocycles. The summed E-state index contributed by atoms with van der Waals surface area (Å²) in [6, 6.07) is 54.2. The number of aromatic nitrogens is 1. The number of nitro groups is 1. The second-order valence-corrected chi connectivity index (χ2v) is 16.1. The molecular weight excluding hydrogens is 717 g/mol. The quantitative estimate of drug-likeness (QED) is 0.133. The Morgan fingerprint density at radius 2 is 1.00 bits per heavy atom. The lowest BCUT2D eigenvalue weighted by atomic mass is 9.93. The summed E-state index contributed by atoms with van der Waals surface area (Å²) in [4.78, 5) is 12.8. The third-order valence-corrected chi connectivity index (χ3v) is 13.5. The van der Waals surface area contributed by atoms with Crippen molar-refractivity contribution in [1.29, 1.82) is 0 Å². The van der Waals surface area contributed by atoms with Gasteiger partial charge in [0.25, 0.3) is 5.69 Å². The summed E-state index contributed by atoms with van der Waals surface area (Å²) in [6.07, 6.45) is 0. The highest BCUT2D eigenvalue weighted by molar-refractivity contribution is 7.26. The molecule has 0 spiro atoms. The number of nitrogens with zero attached hydrogens (tertiary/aromatic N) is 2. The van der Waals surface area contributed by atoms with Gasteiger partial charge in [0.2, 0.25) is 0 Å². The van der Waals surface area contributed by atoms with Gasteiger partial charge in [0, 0.05) is 102 Å². The monoisotopic (exact) mass is 742 g/mol. The van der Waals surface area contributed by atoms with E-state index in [1.165, 1.54) is 20.2 Å². The van der Waals surface area contributed by atoms with E-state index in [0.29, 0.717) is 0 Å². The predicted octanol–water partition coefficient (Wildman–Crippen LogP) is 14.7. The Kier molecular flexibility index (Phi) is 6.32. The lowest BCUT2D eigenvalue weighted by molar-refractivity contribution is -0.384. The van der Waals surface area contributed by atoms with Gasteiger partial charge < -0.3 is 8.98 Å². The molecule has 12 aromatic rings. The largest absolute Gasteiger partial charge is 0.456 e. The minimum Gasteiger partial charge on any atom is -0.456 e. The second kappa shape index (κ2) is 11.4. The molecule has 0 aliphatic heterocycles. The Morgan fingerprint density at radius 1 is 0.455 bits per heavy atom. The Balaban J connectivity index is 1.30. The maximum atomic E-state index is 13.0. The fourth-order valence-corrected chi connectivity index (χ4v) is 11.2. The molecule has 0 amide bonds. The molecule has 0 radical (unpaired) electrons. The Hall–Kier alpha value is -6.80. The summed E-state index contributed by atoms with van der Waals surface area (Å²) in [5.41, 5.74) is 8.06. The van der Waals surface area contributed by atoms with Gasteiger partial charge in [0.15, 0.2) is 0 Å². The molecule has 0 fully saturated rings. The summed E-state index contributed by atoms with van der Waals surface area (Å²) in [6.45, 7) is 0. The number of benzene rings is 8. The number of nitro benzene ring substituents is 1. The molecule has 0 N–H and O–H groups in total. The molecular formula is C48H26N2O3S2. The lowest BCUT2D eigenvalue weighted by Crippen LogP contribution is -2.03. The van der Waals surface area contributed by atoms with Gasteiger partial charge in [-0.2, -0.15) is 0 Å². The third kappa shape index (κ3) is 4.33. The molecule has 0 bridgehead atoms. The van der Waals surface area contributed by atoms with Crippen molar-refractivity contribution in [1.82, 2.24) is 4.57 Å². The molecule has 0 saturated carbocycles. The summed E-state index contributed by atoms with van der Waals surface area (Å²) < 4.78 is 13.4. The fraction of sp³-hybridized carbons (Fsp3) is 0. The predicted molar refractivity (Wildman–Crippen MR) is 231 cm³/mol. The van der Waals surface area contributed by atoms with Crippen molar-refractivity contribution in [2.75, 3.05) is 0 Å². The van der Waals surface area contributed by atoms with Crippen LogP contribution in [0.1, 0.15) is 0 Å². The smallest absolute Gasteiger partial charge is 0.270 e. The van der Waals surface area contributed by atoms with E-state index < -0.39 is 0 Å². The summed E-state index contributed by atoms with van der Waals surface area (Å²) in [5, 5.41) is 22.0. The number of non-ortho nitro benzene ring substituents is 1. The van der Waals surface area contributed by atoms with Gasteiger partial charge >= 0.3 is 0 Å². The van der Waals surface area contributed by atoms with Crippen LogP contribution in [0, 0.1) is 10.1 Å². The average Bonchev–Trinajstić information content (AvgIpc) is 3.98. The van der Waals surface area contributed by atoms with Crippen molar-refractivity contribution < 1.29 is 9.34 Å². The van der Waals surface area contributed by atoms with Crippen LogP contribution in [-0.2, 0) is 0 Å². The zero-order valence-electron chi connectivity index (χ0n) is 28.9. The van der Waals surface area contributed by atoms with Gasteiger partial charge in [-0.3, -0.25) is 10.1 Å². The first kappa shape index (κ1) is 30.6. The average molecular weight is 743 g/mol. The van der Waals surface area contributed by atoms with E-state index in [4.69, 9.17) is 4.42 Å². The van der Waals surface area contributed by atoms with Crippen LogP contribution in [0.3, 0.4) is 0 Å². The van der Waals surface area contributed by atoms with Crippen molar-refractivity contribution in [3.63, 3.8) is 0 Å². The molecule has 0 saturated heterocycles. The second-order valence-electron chi connectivity index (χ2n) is 14.0. The third-order valence-electron chi connectivity index (χ3n) is 11.1. The van der Waals surface area contributed by atoms with Crippen LogP contribution in [-0.4, -0.2) is 9.49 Å². The molecule has 0 aliphatic carbocycles. The summed E-state index contributed by atoms with van der Waals surface area (Å²) >= 11 is 3.46. The highest BCUT2D eigenvalue weighted by atomic mass is 32.1. The zero-order valence-corrected chi connectivity index (χ0v) is 30.6. The molecule has 0 unspecified atom stereocenters. The summed E-state index contributed by atoms with van der Waals surface area (Å²) in [7, 11) is 0. The zero-order chi connectivity index (χ0) is 36.4. The number of hydrogen-bond donors (Lipinski definition) is 0. The van der Waals surface area contributed by atoms with E-state index in [1.807, 2.05) is 18.2 Å². The number of hydrogen-bond acceptors (Lipinski definition) is 5. The van der Waals surface area contributed by atoms with Crippen LogP contribution >= 0.6 is 22.7 Å². The first-order chi connectivity index (χ1) is 27.1. The van der Waals surface area contributed by atoms with Gasteiger partial charge in [-0.1, -0.05) is 109 Å². The molecule has 0 aliphatic rings. The SMILES string of the molecule is O=[N+]([O-])c1cc(-c2cccc3c2sc2ccccc23)c(-n2c3ccccc3c3cc4c(cc32)oc2ccccc24)c(-c2cccc3c2sc2ccccc23)c1. The van der Waals surface area contributed by atoms with Gasteiger partial charge in [-0.25, -0.2) is 0 Å². The van der Waals surface area contributed by atoms with Crippen LogP contribution in [0.2, 0.25) is 0 Å². The highest BCUT2D eigenvalue weighted by Gasteiger charge is 2.27. The molecule has 8 aromatic carbocycles. The maximum absolute atomic E-state index is 13.0. The fourth-order valence-electron chi connectivity index (χ4n) is 8.72. The molecule has 55 heavy (non-hydrogen) atoms. The molecule has 258 valence electrons. The highest BCUT2D eigenvalue weighted by Crippen LogP contribution is 2.50. The first-order valence-corrected chi connectivity index (χ1v) is 19.7.